The molecular formula is C19H21N2NaO5. The van der Waals surface area contributed by atoms with Crippen LogP contribution in [0, 0.1) is 5.92 Å². The number of aliphatic hydroxyl groups excluding tert-OH is 1. The summed E-state index contributed by atoms with van der Waals surface area (Å²) in [6.07, 6.45) is 0.271. The van der Waals surface area contributed by atoms with Crippen LogP contribution >= 0.6 is 0 Å². The average Bonchev–Trinajstić information content (AvgIpc) is 2.94. The molecule has 0 radical (unpaired) electrons. The SMILES string of the molecule is CCCNC(=O)c1cccc(C2=C(C(=O)[O-])N3C(=O)C(C(C)O)C3C2)c1.[Na+]. The van der Waals surface area contributed by atoms with Gasteiger partial charge in [-0.3, -0.25) is 9.59 Å². The van der Waals surface area contributed by atoms with Gasteiger partial charge in [-0.1, -0.05) is 19.1 Å². The first kappa shape index (κ1) is 21.6. The number of hydrogen-bond acceptors (Lipinski definition) is 5. The van der Waals surface area contributed by atoms with Crippen LogP contribution in [0.5, 0.6) is 0 Å². The van der Waals surface area contributed by atoms with E-state index in [4.69, 9.17) is 0 Å². The number of benzene rings is 1. The van der Waals surface area contributed by atoms with Crippen LogP contribution in [-0.2, 0) is 9.59 Å². The minimum Gasteiger partial charge on any atom is -0.543 e. The minimum atomic E-state index is -1.43. The summed E-state index contributed by atoms with van der Waals surface area (Å²) in [7, 11) is 0. The van der Waals surface area contributed by atoms with E-state index in [1.54, 1.807) is 24.3 Å². The second-order valence-electron chi connectivity index (χ2n) is 6.70. The zero-order chi connectivity index (χ0) is 19.0. The number of aliphatic hydroxyl groups is 1. The molecule has 3 atom stereocenters. The molecule has 3 unspecified atom stereocenters. The molecule has 1 fully saturated rings. The third-order valence-electron chi connectivity index (χ3n) is 4.93. The third kappa shape index (κ3) is 3.82. The molecule has 138 valence electrons. The van der Waals surface area contributed by atoms with E-state index in [1.165, 1.54) is 11.8 Å². The molecule has 3 rings (SSSR count). The summed E-state index contributed by atoms with van der Waals surface area (Å²) in [6.45, 7) is 4.03. The summed E-state index contributed by atoms with van der Waals surface area (Å²) in [5.41, 5.74) is 1.29. The molecule has 8 heteroatoms. The Bertz CT molecular complexity index is 805. The number of rotatable bonds is 6. The molecule has 0 bridgehead atoms. The Balaban J connectivity index is 0.00000261. The van der Waals surface area contributed by atoms with Gasteiger partial charge in [-0.15, -0.1) is 0 Å². The number of aliphatic carboxylic acids is 1. The second kappa shape index (κ2) is 8.56. The van der Waals surface area contributed by atoms with Crippen LogP contribution in [-0.4, -0.2) is 46.5 Å². The van der Waals surface area contributed by atoms with Crippen molar-refractivity contribution < 1.29 is 54.2 Å². The van der Waals surface area contributed by atoms with E-state index in [9.17, 15) is 24.6 Å². The Labute approximate surface area is 179 Å². The van der Waals surface area contributed by atoms with Crippen LogP contribution in [0.4, 0.5) is 0 Å². The Morgan fingerprint density at radius 1 is 1.41 bits per heavy atom. The molecule has 7 nitrogen and oxygen atoms in total. The summed E-state index contributed by atoms with van der Waals surface area (Å²) in [5.74, 6) is -2.68. The Kier molecular flexibility index (Phi) is 6.86. The minimum absolute atomic E-state index is 0. The van der Waals surface area contributed by atoms with Gasteiger partial charge >= 0.3 is 29.6 Å². The predicted molar refractivity (Wildman–Crippen MR) is 91.4 cm³/mol. The number of fused-ring (bicyclic) bond motifs is 1. The van der Waals surface area contributed by atoms with Gasteiger partial charge in [-0.05, 0) is 43.0 Å². The van der Waals surface area contributed by atoms with Crippen LogP contribution in [0.25, 0.3) is 5.57 Å². The average molecular weight is 380 g/mol. The molecule has 2 amide bonds. The molecule has 27 heavy (non-hydrogen) atoms. The van der Waals surface area contributed by atoms with Gasteiger partial charge in [-0.25, -0.2) is 0 Å². The van der Waals surface area contributed by atoms with E-state index >= 15 is 0 Å². The summed E-state index contributed by atoms with van der Waals surface area (Å²) >= 11 is 0. The van der Waals surface area contributed by atoms with Gasteiger partial charge in [0, 0.05) is 12.1 Å². The number of carbonyl (C=O) groups is 3. The molecule has 1 aromatic carbocycles. The molecule has 1 aromatic rings. The van der Waals surface area contributed by atoms with Gasteiger partial charge in [-0.2, -0.15) is 0 Å². The van der Waals surface area contributed by atoms with E-state index in [0.29, 0.717) is 29.7 Å². The zero-order valence-corrected chi connectivity index (χ0v) is 17.7. The van der Waals surface area contributed by atoms with Crippen molar-refractivity contribution in [1.29, 1.82) is 0 Å². The van der Waals surface area contributed by atoms with Gasteiger partial charge in [0.05, 0.1) is 29.7 Å². The van der Waals surface area contributed by atoms with Crippen molar-refractivity contribution in [2.45, 2.75) is 38.8 Å². The maximum atomic E-state index is 12.2. The number of carboxylic acids is 1. The predicted octanol–water partition coefficient (Wildman–Crippen LogP) is -3.10. The molecule has 1 saturated heterocycles. The zero-order valence-electron chi connectivity index (χ0n) is 15.7. The number of β-lactam (4-membered cyclic amide) rings is 1. The van der Waals surface area contributed by atoms with Crippen molar-refractivity contribution in [3.63, 3.8) is 0 Å². The number of nitrogens with zero attached hydrogens (tertiary/aromatic N) is 1. The fourth-order valence-corrected chi connectivity index (χ4v) is 3.71. The molecule has 2 heterocycles. The maximum absolute atomic E-state index is 12.2. The summed E-state index contributed by atoms with van der Waals surface area (Å²) < 4.78 is 0. The van der Waals surface area contributed by atoms with Crippen molar-refractivity contribution in [2.75, 3.05) is 6.54 Å². The summed E-state index contributed by atoms with van der Waals surface area (Å²) in [5, 5.41) is 24.2. The number of carboxylic acid groups (broad SMARTS) is 1. The molecule has 0 aromatic heterocycles. The van der Waals surface area contributed by atoms with Crippen LogP contribution in [0.1, 0.15) is 42.6 Å². The molecule has 2 aliphatic rings. The van der Waals surface area contributed by atoms with Crippen LogP contribution in [0.3, 0.4) is 0 Å². The van der Waals surface area contributed by atoms with Gasteiger partial charge in [0.25, 0.3) is 5.91 Å². The van der Waals surface area contributed by atoms with Crippen molar-refractivity contribution in [1.82, 2.24) is 10.2 Å². The van der Waals surface area contributed by atoms with Crippen molar-refractivity contribution in [3.8, 4) is 0 Å². The van der Waals surface area contributed by atoms with E-state index in [2.05, 4.69) is 5.32 Å². The van der Waals surface area contributed by atoms with Crippen molar-refractivity contribution in [2.24, 2.45) is 5.92 Å². The van der Waals surface area contributed by atoms with Gasteiger partial charge in [0.2, 0.25) is 5.91 Å². The van der Waals surface area contributed by atoms with Crippen molar-refractivity contribution in [3.05, 3.63) is 41.1 Å². The largest absolute Gasteiger partial charge is 1.00 e. The molecule has 0 spiro atoms. The quantitative estimate of drug-likeness (QED) is 0.401. The monoisotopic (exact) mass is 380 g/mol. The molecule has 2 N–H and O–H groups in total. The first-order valence-electron chi connectivity index (χ1n) is 8.71. The van der Waals surface area contributed by atoms with Crippen molar-refractivity contribution >= 4 is 23.4 Å². The van der Waals surface area contributed by atoms with E-state index in [0.717, 1.165) is 6.42 Å². The van der Waals surface area contributed by atoms with E-state index in [1.807, 2.05) is 6.92 Å². The molecule has 0 aliphatic carbocycles. The third-order valence-corrected chi connectivity index (χ3v) is 4.93. The topological polar surface area (TPSA) is 110 Å². The molecule has 0 saturated carbocycles. The second-order valence-corrected chi connectivity index (χ2v) is 6.70. The van der Waals surface area contributed by atoms with Crippen LogP contribution in [0.15, 0.2) is 30.0 Å². The molecular weight excluding hydrogens is 359 g/mol. The van der Waals surface area contributed by atoms with Crippen LogP contribution < -0.4 is 40.0 Å². The first-order chi connectivity index (χ1) is 12.4. The van der Waals surface area contributed by atoms with E-state index < -0.39 is 23.9 Å². The summed E-state index contributed by atoms with van der Waals surface area (Å²) in [4.78, 5) is 37.3. The smallest absolute Gasteiger partial charge is 0.543 e. The standard InChI is InChI=1S/C19H22N2O5.Na/c1-3-7-20-17(23)12-6-4-5-11(8-12)13-9-14-15(10(2)22)18(24)21(14)16(13)19(25)26;/h4-6,8,10,14-15,22H,3,7,9H2,1-2H3,(H,20,23)(H,25,26);/q;+1/p-1. The number of carbonyl (C=O) groups excluding carboxylic acids is 3. The Morgan fingerprint density at radius 3 is 2.70 bits per heavy atom. The first-order valence-corrected chi connectivity index (χ1v) is 8.71. The fourth-order valence-electron chi connectivity index (χ4n) is 3.71. The number of hydrogen-bond donors (Lipinski definition) is 2. The van der Waals surface area contributed by atoms with E-state index in [-0.39, 0.29) is 47.2 Å². The Hall–Kier alpha value is -1.67. The Morgan fingerprint density at radius 2 is 2.11 bits per heavy atom. The van der Waals surface area contributed by atoms with Crippen LogP contribution in [0.2, 0.25) is 0 Å². The number of amides is 2. The fraction of sp³-hybridized carbons (Fsp3) is 0.421. The maximum Gasteiger partial charge on any atom is 1.00 e. The normalized spacial score (nSPS) is 21.9. The van der Waals surface area contributed by atoms with Gasteiger partial charge < -0.3 is 25.2 Å². The van der Waals surface area contributed by atoms with Gasteiger partial charge in [0.1, 0.15) is 0 Å². The number of nitrogens with one attached hydrogen (secondary N) is 1. The molecule has 2 aliphatic heterocycles. The summed E-state index contributed by atoms with van der Waals surface area (Å²) in [6, 6.07) is 6.28. The van der Waals surface area contributed by atoms with Gasteiger partial charge in [0.15, 0.2) is 0 Å².